The molecule has 1 saturated heterocycles. The summed E-state index contributed by atoms with van der Waals surface area (Å²) >= 11 is 0. The smallest absolute Gasteiger partial charge is 0.128 e. The first-order valence-electron chi connectivity index (χ1n) is 8.95. The van der Waals surface area contributed by atoms with Crippen LogP contribution >= 0.6 is 0 Å². The average molecular weight is 323 g/mol. The topological polar surface area (TPSA) is 48.4 Å². The number of anilines is 1. The number of aryl methyl sites for hydroxylation is 1. The molecule has 2 aliphatic rings. The van der Waals surface area contributed by atoms with Crippen LogP contribution in [0.15, 0.2) is 48.7 Å². The quantitative estimate of drug-likeness (QED) is 0.907. The van der Waals surface area contributed by atoms with E-state index in [0.717, 1.165) is 50.2 Å². The zero-order chi connectivity index (χ0) is 16.4. The lowest BCUT2D eigenvalue weighted by atomic mass is 9.94. The molecule has 0 amide bonds. The fraction of sp³-hybridized carbons (Fsp3) is 0.450. The van der Waals surface area contributed by atoms with Gasteiger partial charge < -0.3 is 15.3 Å². The highest BCUT2D eigenvalue weighted by atomic mass is 16.3. The Kier molecular flexibility index (Phi) is 4.25. The summed E-state index contributed by atoms with van der Waals surface area (Å²) in [5.74, 6) is 1.07. The molecular weight excluding hydrogens is 298 g/mol. The van der Waals surface area contributed by atoms with Gasteiger partial charge in [-0.25, -0.2) is 4.98 Å². The third kappa shape index (κ3) is 3.04. The summed E-state index contributed by atoms with van der Waals surface area (Å²) in [6.45, 7) is 2.69. The molecule has 1 aliphatic carbocycles. The fourth-order valence-electron chi connectivity index (χ4n) is 4.02. The second-order valence-corrected chi connectivity index (χ2v) is 7.02. The Morgan fingerprint density at radius 1 is 1.12 bits per heavy atom. The van der Waals surface area contributed by atoms with Crippen molar-refractivity contribution in [3.8, 4) is 0 Å². The van der Waals surface area contributed by atoms with Gasteiger partial charge in [-0.05, 0) is 48.9 Å². The Bertz CT molecular complexity index is 682. The molecule has 2 heterocycles. The molecule has 1 aromatic heterocycles. The van der Waals surface area contributed by atoms with Crippen molar-refractivity contribution >= 4 is 5.82 Å². The van der Waals surface area contributed by atoms with Gasteiger partial charge in [-0.3, -0.25) is 0 Å². The predicted octanol–water partition coefficient (Wildman–Crippen LogP) is 2.47. The van der Waals surface area contributed by atoms with Crippen LogP contribution in [0.1, 0.15) is 30.4 Å². The fourth-order valence-corrected chi connectivity index (χ4v) is 4.02. The van der Waals surface area contributed by atoms with Crippen molar-refractivity contribution in [1.29, 1.82) is 0 Å². The highest BCUT2D eigenvalue weighted by Crippen LogP contribution is 2.36. The molecule has 1 aliphatic heterocycles. The van der Waals surface area contributed by atoms with E-state index in [4.69, 9.17) is 0 Å². The van der Waals surface area contributed by atoms with Crippen LogP contribution in [-0.4, -0.2) is 35.8 Å². The first-order valence-corrected chi connectivity index (χ1v) is 8.95. The third-order valence-corrected chi connectivity index (χ3v) is 5.48. The molecule has 4 nitrogen and oxygen atoms in total. The van der Waals surface area contributed by atoms with Crippen LogP contribution in [0.4, 0.5) is 5.82 Å². The maximum Gasteiger partial charge on any atom is 0.128 e. The lowest BCUT2D eigenvalue weighted by molar-refractivity contribution is 0.0350. The Labute approximate surface area is 143 Å². The molecule has 2 N–H and O–H groups in total. The van der Waals surface area contributed by atoms with Gasteiger partial charge >= 0.3 is 0 Å². The highest BCUT2D eigenvalue weighted by Gasteiger charge is 2.36. The van der Waals surface area contributed by atoms with Gasteiger partial charge in [0.2, 0.25) is 0 Å². The lowest BCUT2D eigenvalue weighted by Crippen LogP contribution is -2.47. The molecule has 24 heavy (non-hydrogen) atoms. The number of pyridine rings is 1. The molecule has 0 saturated carbocycles. The second kappa shape index (κ2) is 6.54. The van der Waals surface area contributed by atoms with E-state index in [1.165, 1.54) is 5.56 Å². The number of benzene rings is 1. The molecule has 4 rings (SSSR count). The number of rotatable bonds is 4. The summed E-state index contributed by atoms with van der Waals surface area (Å²) in [7, 11) is 0. The Hall–Kier alpha value is -1.91. The van der Waals surface area contributed by atoms with Crippen molar-refractivity contribution in [2.75, 3.05) is 24.5 Å². The molecule has 0 bridgehead atoms. The summed E-state index contributed by atoms with van der Waals surface area (Å²) < 4.78 is 0. The zero-order valence-corrected chi connectivity index (χ0v) is 14.0. The standard InChI is InChI=1S/C20H25N3O/c24-20(11-8-16-5-1-2-6-18(16)20)15-22-17-9-13-23(14-10-17)19-7-3-4-12-21-19/h1-7,12,17,22,24H,8-11,13-15H2/t20-/m0/s1. The van der Waals surface area contributed by atoms with Crippen LogP contribution in [0.2, 0.25) is 0 Å². The van der Waals surface area contributed by atoms with Gasteiger partial charge in [0.05, 0.1) is 0 Å². The summed E-state index contributed by atoms with van der Waals surface area (Å²) in [5.41, 5.74) is 1.71. The molecule has 1 atom stereocenters. The van der Waals surface area contributed by atoms with E-state index in [9.17, 15) is 5.11 Å². The van der Waals surface area contributed by atoms with E-state index < -0.39 is 5.60 Å². The zero-order valence-electron chi connectivity index (χ0n) is 14.0. The number of aliphatic hydroxyl groups is 1. The number of nitrogens with one attached hydrogen (secondary N) is 1. The minimum absolute atomic E-state index is 0.474. The highest BCUT2D eigenvalue weighted by molar-refractivity contribution is 5.39. The first-order chi connectivity index (χ1) is 11.7. The molecule has 4 heteroatoms. The van der Waals surface area contributed by atoms with Gasteiger partial charge in [-0.15, -0.1) is 0 Å². The molecule has 0 unspecified atom stereocenters. The monoisotopic (exact) mass is 323 g/mol. The van der Waals surface area contributed by atoms with Gasteiger partial charge in [0.25, 0.3) is 0 Å². The molecule has 126 valence electrons. The van der Waals surface area contributed by atoms with Gasteiger partial charge in [0, 0.05) is 31.9 Å². The Balaban J connectivity index is 1.32. The third-order valence-electron chi connectivity index (χ3n) is 5.48. The van der Waals surface area contributed by atoms with E-state index in [-0.39, 0.29) is 0 Å². The maximum atomic E-state index is 11.0. The maximum absolute atomic E-state index is 11.0. The van der Waals surface area contributed by atoms with Crippen molar-refractivity contribution in [1.82, 2.24) is 10.3 Å². The van der Waals surface area contributed by atoms with Gasteiger partial charge in [0.15, 0.2) is 0 Å². The molecule has 0 spiro atoms. The largest absolute Gasteiger partial charge is 0.384 e. The first kappa shape index (κ1) is 15.6. The van der Waals surface area contributed by atoms with Crippen molar-refractivity contribution in [2.45, 2.75) is 37.3 Å². The summed E-state index contributed by atoms with van der Waals surface area (Å²) in [6, 6.07) is 14.9. The summed E-state index contributed by atoms with van der Waals surface area (Å²) in [6.07, 6.45) is 5.84. The minimum Gasteiger partial charge on any atom is -0.384 e. The van der Waals surface area contributed by atoms with Gasteiger partial charge in [-0.2, -0.15) is 0 Å². The number of nitrogens with zero attached hydrogens (tertiary/aromatic N) is 2. The normalized spacial score (nSPS) is 24.1. The van der Waals surface area contributed by atoms with Crippen molar-refractivity contribution in [3.05, 3.63) is 59.8 Å². The van der Waals surface area contributed by atoms with Gasteiger partial charge in [-0.1, -0.05) is 30.3 Å². The van der Waals surface area contributed by atoms with Crippen LogP contribution < -0.4 is 10.2 Å². The SMILES string of the molecule is O[C@]1(CNC2CCN(c3ccccn3)CC2)CCc2ccccc21. The average Bonchev–Trinajstić information content (AvgIpc) is 2.99. The predicted molar refractivity (Wildman–Crippen MR) is 96.1 cm³/mol. The van der Waals surface area contributed by atoms with Crippen LogP contribution in [-0.2, 0) is 12.0 Å². The van der Waals surface area contributed by atoms with E-state index in [2.05, 4.69) is 39.5 Å². The Morgan fingerprint density at radius 3 is 2.71 bits per heavy atom. The number of aromatic nitrogens is 1. The van der Waals surface area contributed by atoms with E-state index in [1.807, 2.05) is 24.4 Å². The van der Waals surface area contributed by atoms with E-state index in [0.29, 0.717) is 12.6 Å². The van der Waals surface area contributed by atoms with Gasteiger partial charge in [0.1, 0.15) is 11.4 Å². The molecular formula is C20H25N3O. The molecule has 2 aromatic rings. The lowest BCUT2D eigenvalue weighted by Gasteiger charge is -2.35. The van der Waals surface area contributed by atoms with Crippen LogP contribution in [0.5, 0.6) is 0 Å². The molecule has 1 fully saturated rings. The Morgan fingerprint density at radius 2 is 1.92 bits per heavy atom. The minimum atomic E-state index is -0.700. The molecule has 0 radical (unpaired) electrons. The number of hydrogen-bond donors (Lipinski definition) is 2. The van der Waals surface area contributed by atoms with E-state index in [1.54, 1.807) is 0 Å². The summed E-state index contributed by atoms with van der Waals surface area (Å²) in [5, 5.41) is 14.6. The van der Waals surface area contributed by atoms with Crippen molar-refractivity contribution in [3.63, 3.8) is 0 Å². The number of piperidine rings is 1. The van der Waals surface area contributed by atoms with Crippen LogP contribution in [0.25, 0.3) is 0 Å². The van der Waals surface area contributed by atoms with Crippen LogP contribution in [0.3, 0.4) is 0 Å². The summed E-state index contributed by atoms with van der Waals surface area (Å²) in [4.78, 5) is 6.78. The van der Waals surface area contributed by atoms with Crippen molar-refractivity contribution in [2.24, 2.45) is 0 Å². The number of fused-ring (bicyclic) bond motifs is 1. The van der Waals surface area contributed by atoms with Crippen LogP contribution in [0, 0.1) is 0 Å². The van der Waals surface area contributed by atoms with Crippen molar-refractivity contribution < 1.29 is 5.11 Å². The molecule has 1 aromatic carbocycles. The van der Waals surface area contributed by atoms with E-state index >= 15 is 0 Å². The second-order valence-electron chi connectivity index (χ2n) is 7.02. The number of hydrogen-bond acceptors (Lipinski definition) is 4.